The SMILES string of the molecule is O=C(O)c1ccnnc1OC(C(F)(F)F)C(F)(F)F. The van der Waals surface area contributed by atoms with Crippen molar-refractivity contribution in [1.82, 2.24) is 10.2 Å². The lowest BCUT2D eigenvalue weighted by Gasteiger charge is -2.23. The van der Waals surface area contributed by atoms with Gasteiger partial charge < -0.3 is 9.84 Å². The first-order valence-corrected chi connectivity index (χ1v) is 4.38. The second-order valence-corrected chi connectivity index (χ2v) is 3.14. The van der Waals surface area contributed by atoms with Crippen molar-refractivity contribution < 1.29 is 41.0 Å². The molecule has 0 radical (unpaired) electrons. The molecule has 0 fully saturated rings. The van der Waals surface area contributed by atoms with Crippen LogP contribution in [0.3, 0.4) is 0 Å². The van der Waals surface area contributed by atoms with Gasteiger partial charge in [-0.25, -0.2) is 4.79 Å². The van der Waals surface area contributed by atoms with Gasteiger partial charge in [-0.15, -0.1) is 5.10 Å². The Morgan fingerprint density at radius 2 is 1.74 bits per heavy atom. The van der Waals surface area contributed by atoms with Gasteiger partial charge in [0.25, 0.3) is 6.10 Å². The first kappa shape index (κ1) is 15.0. The van der Waals surface area contributed by atoms with Crippen LogP contribution in [0.25, 0.3) is 0 Å². The average Bonchev–Trinajstić information content (AvgIpc) is 2.23. The number of aromatic nitrogens is 2. The average molecular weight is 290 g/mol. The molecule has 0 atom stereocenters. The summed E-state index contributed by atoms with van der Waals surface area (Å²) in [5.74, 6) is -3.16. The number of nitrogens with zero attached hydrogens (tertiary/aromatic N) is 2. The normalized spacial score (nSPS) is 12.6. The minimum atomic E-state index is -5.77. The van der Waals surface area contributed by atoms with Crippen molar-refractivity contribution in [2.24, 2.45) is 0 Å². The summed E-state index contributed by atoms with van der Waals surface area (Å²) in [5.41, 5.74) is -0.964. The van der Waals surface area contributed by atoms with Crippen molar-refractivity contribution >= 4 is 5.97 Å². The zero-order valence-corrected chi connectivity index (χ0v) is 8.66. The van der Waals surface area contributed by atoms with E-state index in [1.165, 1.54) is 0 Å². The Morgan fingerprint density at radius 1 is 1.21 bits per heavy atom. The van der Waals surface area contributed by atoms with E-state index in [4.69, 9.17) is 5.11 Å². The van der Waals surface area contributed by atoms with Crippen LogP contribution in [-0.2, 0) is 0 Å². The smallest absolute Gasteiger partial charge is 0.434 e. The topological polar surface area (TPSA) is 72.3 Å². The lowest BCUT2D eigenvalue weighted by atomic mass is 10.3. The fourth-order valence-corrected chi connectivity index (χ4v) is 0.999. The van der Waals surface area contributed by atoms with Crippen molar-refractivity contribution in [2.45, 2.75) is 18.5 Å². The third-order valence-electron chi connectivity index (χ3n) is 1.74. The van der Waals surface area contributed by atoms with E-state index >= 15 is 0 Å². The summed E-state index contributed by atoms with van der Waals surface area (Å²) in [5, 5.41) is 14.4. The van der Waals surface area contributed by atoms with Gasteiger partial charge in [-0.3, -0.25) is 0 Å². The second-order valence-electron chi connectivity index (χ2n) is 3.14. The van der Waals surface area contributed by atoms with E-state index in [0.29, 0.717) is 6.07 Å². The van der Waals surface area contributed by atoms with Crippen LogP contribution < -0.4 is 4.74 Å². The largest absolute Gasteiger partial charge is 0.477 e. The molecule has 0 aliphatic carbocycles. The van der Waals surface area contributed by atoms with Gasteiger partial charge in [0, 0.05) is 0 Å². The molecular weight excluding hydrogens is 286 g/mol. The number of carboxylic acid groups (broad SMARTS) is 1. The second kappa shape index (κ2) is 4.90. The van der Waals surface area contributed by atoms with E-state index in [1.54, 1.807) is 0 Å². The molecule has 5 nitrogen and oxygen atoms in total. The van der Waals surface area contributed by atoms with Crippen LogP contribution in [0.15, 0.2) is 12.3 Å². The zero-order chi connectivity index (χ0) is 14.8. The summed E-state index contributed by atoms with van der Waals surface area (Å²) in [6.07, 6.45) is -14.9. The number of rotatable bonds is 3. The van der Waals surface area contributed by atoms with Crippen molar-refractivity contribution in [3.8, 4) is 5.88 Å². The molecule has 11 heteroatoms. The summed E-state index contributed by atoms with van der Waals surface area (Å²) in [7, 11) is 0. The van der Waals surface area contributed by atoms with Gasteiger partial charge >= 0.3 is 18.3 Å². The quantitative estimate of drug-likeness (QED) is 0.862. The van der Waals surface area contributed by atoms with E-state index in [2.05, 4.69) is 14.9 Å². The van der Waals surface area contributed by atoms with E-state index in [-0.39, 0.29) is 0 Å². The molecule has 0 amide bonds. The van der Waals surface area contributed by atoms with Gasteiger partial charge in [0.1, 0.15) is 5.56 Å². The highest BCUT2D eigenvalue weighted by Crippen LogP contribution is 2.36. The molecule has 0 unspecified atom stereocenters. The number of carboxylic acids is 1. The Labute approximate surface area is 100 Å². The van der Waals surface area contributed by atoms with Gasteiger partial charge in [0.05, 0.1) is 6.20 Å². The van der Waals surface area contributed by atoms with Gasteiger partial charge in [-0.05, 0) is 6.07 Å². The molecular formula is C8H4F6N2O3. The van der Waals surface area contributed by atoms with E-state index in [1.807, 2.05) is 0 Å². The summed E-state index contributed by atoms with van der Waals surface area (Å²) in [6.45, 7) is 0. The minimum Gasteiger partial charge on any atom is -0.477 e. The number of carbonyl (C=O) groups is 1. The maximum atomic E-state index is 12.2. The number of alkyl halides is 6. The highest BCUT2D eigenvalue weighted by atomic mass is 19.4. The molecule has 0 aromatic carbocycles. The predicted octanol–water partition coefficient (Wildman–Crippen LogP) is 2.05. The van der Waals surface area contributed by atoms with E-state index in [9.17, 15) is 31.1 Å². The van der Waals surface area contributed by atoms with Crippen LogP contribution in [0.4, 0.5) is 26.3 Å². The fourth-order valence-electron chi connectivity index (χ4n) is 0.999. The molecule has 106 valence electrons. The van der Waals surface area contributed by atoms with Gasteiger partial charge in [0.15, 0.2) is 0 Å². The highest BCUT2D eigenvalue weighted by Gasteiger charge is 2.59. The first-order valence-electron chi connectivity index (χ1n) is 4.38. The van der Waals surface area contributed by atoms with Gasteiger partial charge in [0.2, 0.25) is 5.88 Å². The molecule has 0 bridgehead atoms. The molecule has 1 aromatic rings. The van der Waals surface area contributed by atoms with Crippen molar-refractivity contribution in [2.75, 3.05) is 0 Å². The summed E-state index contributed by atoms with van der Waals surface area (Å²) in [6, 6.07) is 0.661. The molecule has 1 aromatic heterocycles. The van der Waals surface area contributed by atoms with Crippen LogP contribution in [0.1, 0.15) is 10.4 Å². The fraction of sp³-hybridized carbons (Fsp3) is 0.375. The van der Waals surface area contributed by atoms with Crippen LogP contribution in [0.2, 0.25) is 0 Å². The molecule has 0 spiro atoms. The van der Waals surface area contributed by atoms with Gasteiger partial charge in [-0.1, -0.05) is 0 Å². The lowest BCUT2D eigenvalue weighted by molar-refractivity contribution is -0.300. The van der Waals surface area contributed by atoms with Crippen LogP contribution in [0.5, 0.6) is 5.88 Å². The molecule has 1 rings (SSSR count). The van der Waals surface area contributed by atoms with Crippen LogP contribution in [0, 0.1) is 0 Å². The Kier molecular flexibility index (Phi) is 3.86. The third-order valence-corrected chi connectivity index (χ3v) is 1.74. The Hall–Kier alpha value is -2.07. The maximum Gasteiger partial charge on any atom is 0.434 e. The van der Waals surface area contributed by atoms with Crippen LogP contribution in [-0.4, -0.2) is 39.7 Å². The molecule has 0 aliphatic heterocycles. The molecule has 0 aliphatic rings. The number of halogens is 6. The zero-order valence-electron chi connectivity index (χ0n) is 8.66. The highest BCUT2D eigenvalue weighted by molar-refractivity contribution is 5.89. The lowest BCUT2D eigenvalue weighted by Crippen LogP contribution is -2.47. The monoisotopic (exact) mass is 290 g/mol. The number of aromatic carboxylic acids is 1. The van der Waals surface area contributed by atoms with Crippen molar-refractivity contribution in [3.05, 3.63) is 17.8 Å². The number of hydrogen-bond acceptors (Lipinski definition) is 4. The molecule has 19 heavy (non-hydrogen) atoms. The van der Waals surface area contributed by atoms with E-state index in [0.717, 1.165) is 6.20 Å². The predicted molar refractivity (Wildman–Crippen MR) is 45.5 cm³/mol. The van der Waals surface area contributed by atoms with Gasteiger partial charge in [-0.2, -0.15) is 31.4 Å². The Bertz CT molecular complexity index is 458. The van der Waals surface area contributed by atoms with Crippen molar-refractivity contribution in [1.29, 1.82) is 0 Å². The maximum absolute atomic E-state index is 12.2. The number of hydrogen-bond donors (Lipinski definition) is 1. The molecule has 1 N–H and O–H groups in total. The Morgan fingerprint density at radius 3 is 2.16 bits per heavy atom. The van der Waals surface area contributed by atoms with Crippen LogP contribution >= 0.6 is 0 Å². The minimum absolute atomic E-state index is 0.661. The molecule has 0 saturated carbocycles. The summed E-state index contributed by atoms with van der Waals surface area (Å²) in [4.78, 5) is 10.6. The summed E-state index contributed by atoms with van der Waals surface area (Å²) < 4.78 is 76.8. The standard InChI is InChI=1S/C8H4F6N2O3/c9-7(10,11)6(8(12,13)14)19-4-3(5(17)18)1-2-15-16-4/h1-2,6H,(H,17,18). The third kappa shape index (κ3) is 3.69. The Balaban J connectivity index is 3.15. The molecule has 1 heterocycles. The first-order chi connectivity index (χ1) is 8.53. The summed E-state index contributed by atoms with van der Waals surface area (Å²) >= 11 is 0. The van der Waals surface area contributed by atoms with E-state index < -0.39 is 35.9 Å². The number of ether oxygens (including phenoxy) is 1. The molecule has 0 saturated heterocycles. The van der Waals surface area contributed by atoms with Crippen molar-refractivity contribution in [3.63, 3.8) is 0 Å².